The van der Waals surface area contributed by atoms with Crippen LogP contribution in [0.1, 0.15) is 25.7 Å². The molecule has 0 atom stereocenters. The Hall–Kier alpha value is -2.30. The highest BCUT2D eigenvalue weighted by Gasteiger charge is 2.11. The number of allylic oxidation sites excluding steroid dienone is 2. The van der Waals surface area contributed by atoms with Gasteiger partial charge in [-0.15, -0.1) is 0 Å². The molecule has 0 radical (unpaired) electrons. The predicted octanol–water partition coefficient (Wildman–Crippen LogP) is 2.51. The number of hydrogen-bond acceptors (Lipinski definition) is 4. The van der Waals surface area contributed by atoms with Crippen LogP contribution in [-0.4, -0.2) is 16.0 Å². The zero-order chi connectivity index (χ0) is 13.1. The monoisotopic (exact) mass is 256 g/mol. The Bertz CT molecular complexity index is 629. The number of anilines is 1. The van der Waals surface area contributed by atoms with Gasteiger partial charge in [0.1, 0.15) is 0 Å². The Morgan fingerprint density at radius 2 is 2.16 bits per heavy atom. The Morgan fingerprint density at radius 1 is 1.21 bits per heavy atom. The number of nitrogens with zero attached hydrogens (tertiary/aromatic N) is 1. The van der Waals surface area contributed by atoms with Crippen LogP contribution in [0.4, 0.5) is 5.69 Å². The molecule has 0 saturated carbocycles. The number of H-pyrrole nitrogens is 1. The van der Waals surface area contributed by atoms with Gasteiger partial charge in [-0.2, -0.15) is 5.10 Å². The average Bonchev–Trinajstić information content (AvgIpc) is 2.79. The minimum absolute atomic E-state index is 0.175. The summed E-state index contributed by atoms with van der Waals surface area (Å²) in [6.07, 6.45) is 7.38. The van der Waals surface area contributed by atoms with Crippen molar-refractivity contribution in [2.75, 3.05) is 5.43 Å². The predicted molar refractivity (Wildman–Crippen MR) is 74.4 cm³/mol. The summed E-state index contributed by atoms with van der Waals surface area (Å²) < 4.78 is 0. The summed E-state index contributed by atoms with van der Waals surface area (Å²) >= 11 is 0. The Balaban J connectivity index is 1.70. The summed E-state index contributed by atoms with van der Waals surface area (Å²) in [5.74, 6) is 0.175. The summed E-state index contributed by atoms with van der Waals surface area (Å²) in [6.45, 7) is 0. The number of aromatic amines is 1. The van der Waals surface area contributed by atoms with Crippen molar-refractivity contribution in [2.24, 2.45) is 0 Å². The Kier molecular flexibility index (Phi) is 3.18. The third-order valence-electron chi connectivity index (χ3n) is 3.29. The third-order valence-corrected chi connectivity index (χ3v) is 3.29. The second-order valence-corrected chi connectivity index (χ2v) is 4.71. The van der Waals surface area contributed by atoms with Crippen molar-refractivity contribution >= 4 is 22.4 Å². The molecule has 0 bridgehead atoms. The number of aromatic nitrogens is 2. The van der Waals surface area contributed by atoms with Crippen molar-refractivity contribution in [1.82, 2.24) is 15.6 Å². The van der Waals surface area contributed by atoms with Gasteiger partial charge in [0.2, 0.25) is 0 Å². The van der Waals surface area contributed by atoms with Gasteiger partial charge in [-0.1, -0.05) is 6.08 Å². The lowest BCUT2D eigenvalue weighted by atomic mass is 10.2. The molecule has 0 aliphatic heterocycles. The van der Waals surface area contributed by atoms with Gasteiger partial charge in [-0.25, -0.2) is 0 Å². The summed E-state index contributed by atoms with van der Waals surface area (Å²) in [5, 5.41) is 7.92. The van der Waals surface area contributed by atoms with Gasteiger partial charge in [0.15, 0.2) is 5.78 Å². The number of ketones is 1. The first-order valence-corrected chi connectivity index (χ1v) is 6.51. The molecule has 19 heavy (non-hydrogen) atoms. The Morgan fingerprint density at radius 3 is 3.11 bits per heavy atom. The summed E-state index contributed by atoms with van der Waals surface area (Å²) in [5.41, 5.74) is 8.67. The van der Waals surface area contributed by atoms with Crippen molar-refractivity contribution in [2.45, 2.75) is 25.7 Å². The van der Waals surface area contributed by atoms with E-state index >= 15 is 0 Å². The zero-order valence-corrected chi connectivity index (χ0v) is 10.6. The van der Waals surface area contributed by atoms with Crippen LogP contribution in [0, 0.1) is 0 Å². The average molecular weight is 256 g/mol. The van der Waals surface area contributed by atoms with Gasteiger partial charge in [0.25, 0.3) is 0 Å². The van der Waals surface area contributed by atoms with Gasteiger partial charge in [-0.05, 0) is 37.5 Å². The lowest BCUT2D eigenvalue weighted by Gasteiger charge is -2.11. The van der Waals surface area contributed by atoms with Crippen molar-refractivity contribution in [3.63, 3.8) is 0 Å². The van der Waals surface area contributed by atoms with Crippen LogP contribution in [0.5, 0.6) is 0 Å². The van der Waals surface area contributed by atoms with E-state index in [2.05, 4.69) is 21.0 Å². The van der Waals surface area contributed by atoms with Gasteiger partial charge in [0, 0.05) is 11.8 Å². The second-order valence-electron chi connectivity index (χ2n) is 4.71. The molecular weight excluding hydrogens is 240 g/mol. The molecule has 1 aromatic heterocycles. The first kappa shape index (κ1) is 11.8. The fraction of sp³-hybridized carbons (Fsp3) is 0.286. The normalized spacial score (nSPS) is 16.0. The smallest absolute Gasteiger partial charge is 0.180 e. The fourth-order valence-electron chi connectivity index (χ4n) is 2.21. The second kappa shape index (κ2) is 5.14. The van der Waals surface area contributed by atoms with E-state index in [0.717, 1.165) is 35.9 Å². The van der Waals surface area contributed by atoms with Crippen molar-refractivity contribution in [1.29, 1.82) is 0 Å². The van der Waals surface area contributed by atoms with Crippen LogP contribution in [0.3, 0.4) is 0 Å². The number of carbonyl (C=O) groups is 1. The van der Waals surface area contributed by atoms with Crippen LogP contribution in [0.15, 0.2) is 36.2 Å². The molecular formula is C14H16N4O. The number of hydrazine groups is 1. The minimum atomic E-state index is 0.175. The quantitative estimate of drug-likeness (QED) is 0.738. The number of benzene rings is 1. The molecule has 3 rings (SSSR count). The molecule has 3 N–H and O–H groups in total. The van der Waals surface area contributed by atoms with E-state index in [0.29, 0.717) is 12.1 Å². The van der Waals surface area contributed by atoms with Crippen LogP contribution >= 0.6 is 0 Å². The van der Waals surface area contributed by atoms with E-state index in [1.165, 1.54) is 0 Å². The molecule has 1 heterocycles. The highest BCUT2D eigenvalue weighted by atomic mass is 16.1. The van der Waals surface area contributed by atoms with Crippen LogP contribution in [-0.2, 0) is 4.79 Å². The summed E-state index contributed by atoms with van der Waals surface area (Å²) in [6, 6.07) is 5.87. The number of carbonyl (C=O) groups excluding carboxylic acids is 1. The molecule has 0 fully saturated rings. The maximum Gasteiger partial charge on any atom is 0.180 e. The molecule has 0 amide bonds. The van der Waals surface area contributed by atoms with Crippen LogP contribution in [0.25, 0.3) is 10.9 Å². The molecule has 1 aliphatic carbocycles. The van der Waals surface area contributed by atoms with E-state index in [4.69, 9.17) is 0 Å². The lowest BCUT2D eigenvalue weighted by Crippen LogP contribution is -2.25. The van der Waals surface area contributed by atoms with Crippen LogP contribution in [0.2, 0.25) is 0 Å². The van der Waals surface area contributed by atoms with E-state index in [9.17, 15) is 4.79 Å². The maximum absolute atomic E-state index is 11.8. The number of Topliss-reactive ketones (excluding diaryl/α,β-unsaturated/α-hetero) is 1. The summed E-state index contributed by atoms with van der Waals surface area (Å²) in [7, 11) is 0. The molecule has 2 aromatic rings. The van der Waals surface area contributed by atoms with E-state index in [1.54, 1.807) is 6.20 Å². The Labute approximate surface area is 111 Å². The first-order valence-electron chi connectivity index (χ1n) is 6.51. The van der Waals surface area contributed by atoms with Crippen LogP contribution < -0.4 is 10.9 Å². The van der Waals surface area contributed by atoms with Gasteiger partial charge >= 0.3 is 0 Å². The molecule has 1 aliphatic rings. The number of rotatable bonds is 3. The molecule has 0 unspecified atom stereocenters. The molecule has 5 heteroatoms. The topological polar surface area (TPSA) is 69.8 Å². The SMILES string of the molecule is O=C1CCCCC=C1NNc1ccc2[nH]ncc2c1. The van der Waals surface area contributed by atoms with Crippen molar-refractivity contribution in [3.05, 3.63) is 36.2 Å². The molecule has 5 nitrogen and oxygen atoms in total. The number of hydrogen-bond donors (Lipinski definition) is 3. The number of nitrogens with one attached hydrogen (secondary N) is 3. The van der Waals surface area contributed by atoms with Crippen molar-refractivity contribution < 1.29 is 4.79 Å². The first-order chi connectivity index (χ1) is 9.33. The number of fused-ring (bicyclic) bond motifs is 1. The standard InChI is InChI=1S/C14H16N4O/c19-14-5-3-1-2-4-13(14)18-16-11-6-7-12-10(8-11)9-15-17-12/h4,6-9,16,18H,1-3,5H2,(H,15,17). The lowest BCUT2D eigenvalue weighted by molar-refractivity contribution is -0.115. The highest BCUT2D eigenvalue weighted by Crippen LogP contribution is 2.17. The molecule has 0 saturated heterocycles. The van der Waals surface area contributed by atoms with E-state index in [1.807, 2.05) is 24.3 Å². The highest BCUT2D eigenvalue weighted by molar-refractivity contribution is 5.95. The van der Waals surface area contributed by atoms with Crippen molar-refractivity contribution in [3.8, 4) is 0 Å². The maximum atomic E-state index is 11.8. The van der Waals surface area contributed by atoms with E-state index in [-0.39, 0.29) is 5.78 Å². The van der Waals surface area contributed by atoms with Gasteiger partial charge < -0.3 is 5.43 Å². The third kappa shape index (κ3) is 2.59. The largest absolute Gasteiger partial charge is 0.301 e. The van der Waals surface area contributed by atoms with Gasteiger partial charge in [-0.3, -0.25) is 15.3 Å². The molecule has 1 aromatic carbocycles. The fourth-order valence-corrected chi connectivity index (χ4v) is 2.21. The van der Waals surface area contributed by atoms with E-state index < -0.39 is 0 Å². The summed E-state index contributed by atoms with van der Waals surface area (Å²) in [4.78, 5) is 11.8. The zero-order valence-electron chi connectivity index (χ0n) is 10.6. The minimum Gasteiger partial charge on any atom is -0.301 e. The molecule has 98 valence electrons. The molecule has 0 spiro atoms. The van der Waals surface area contributed by atoms with Gasteiger partial charge in [0.05, 0.1) is 23.1 Å².